The Hall–Kier alpha value is -3.84. The molecule has 1 atom stereocenters. The summed E-state index contributed by atoms with van der Waals surface area (Å²) in [6.07, 6.45) is 6.87. The fourth-order valence-electron chi connectivity index (χ4n) is 5.93. The Morgan fingerprint density at radius 1 is 0.971 bits per heavy atom. The molecule has 0 unspecified atom stereocenters. The average Bonchev–Trinajstić information content (AvgIpc) is 3.43. The molecule has 34 heavy (non-hydrogen) atoms. The predicted octanol–water partition coefficient (Wildman–Crippen LogP) is 4.41. The molecular formula is C27H25N7. The van der Waals surface area contributed by atoms with Crippen molar-refractivity contribution in [3.05, 3.63) is 78.1 Å². The van der Waals surface area contributed by atoms with E-state index in [0.717, 1.165) is 65.8 Å². The first-order valence-corrected chi connectivity index (χ1v) is 11.9. The van der Waals surface area contributed by atoms with Gasteiger partial charge in [0.05, 0.1) is 17.4 Å². The number of aromatic nitrogens is 5. The SMILES string of the molecule is N[C@@H]1c2ccccc2CC12CCN(c1cnc3c(-c4cccc5ncccc45)[nH]nc3n1)CC2. The number of pyridine rings is 1. The molecule has 7 heteroatoms. The number of H-pyrrole nitrogens is 1. The van der Waals surface area contributed by atoms with Crippen molar-refractivity contribution in [1.82, 2.24) is 25.1 Å². The quantitative estimate of drug-likeness (QED) is 0.416. The standard InChI is InChI=1S/C27H25N7/c28-25-18-6-2-1-5-17(18)15-27(25)10-13-34(14-11-27)22-16-30-24-23(32-33-26(24)31-22)20-7-3-9-21-19(20)8-4-12-29-21/h1-9,12,16,25H,10-11,13-15,28H2,(H,31,32,33)/t25-/m1/s1. The van der Waals surface area contributed by atoms with Gasteiger partial charge in [0.2, 0.25) is 5.65 Å². The van der Waals surface area contributed by atoms with Gasteiger partial charge in [-0.25, -0.2) is 9.97 Å². The number of piperidine rings is 1. The molecule has 3 N–H and O–H groups in total. The maximum absolute atomic E-state index is 6.75. The van der Waals surface area contributed by atoms with Gasteiger partial charge in [-0.05, 0) is 47.9 Å². The molecule has 1 saturated heterocycles. The van der Waals surface area contributed by atoms with E-state index in [0.29, 0.717) is 5.65 Å². The second-order valence-electron chi connectivity index (χ2n) is 9.58. The van der Waals surface area contributed by atoms with E-state index in [1.807, 2.05) is 30.6 Å². The molecule has 1 aliphatic heterocycles. The fourth-order valence-corrected chi connectivity index (χ4v) is 5.93. The summed E-state index contributed by atoms with van der Waals surface area (Å²) >= 11 is 0. The third-order valence-electron chi connectivity index (χ3n) is 7.84. The number of rotatable bonds is 2. The Labute approximate surface area is 197 Å². The lowest BCUT2D eigenvalue weighted by molar-refractivity contribution is 0.187. The third kappa shape index (κ3) is 2.86. The highest BCUT2D eigenvalue weighted by Gasteiger charge is 2.45. The maximum Gasteiger partial charge on any atom is 0.202 e. The van der Waals surface area contributed by atoms with Gasteiger partial charge in [-0.15, -0.1) is 0 Å². The Morgan fingerprint density at radius 2 is 1.85 bits per heavy atom. The third-order valence-corrected chi connectivity index (χ3v) is 7.84. The first-order chi connectivity index (χ1) is 16.7. The van der Waals surface area contributed by atoms with E-state index in [-0.39, 0.29) is 11.5 Å². The molecule has 0 saturated carbocycles. The molecule has 0 radical (unpaired) electrons. The number of aromatic amines is 1. The van der Waals surface area contributed by atoms with Crippen LogP contribution in [0.5, 0.6) is 0 Å². The van der Waals surface area contributed by atoms with E-state index in [1.54, 1.807) is 0 Å². The van der Waals surface area contributed by atoms with E-state index < -0.39 is 0 Å². The van der Waals surface area contributed by atoms with Crippen molar-refractivity contribution in [3.8, 4) is 11.3 Å². The smallest absolute Gasteiger partial charge is 0.202 e. The van der Waals surface area contributed by atoms with Crippen LogP contribution in [-0.2, 0) is 6.42 Å². The molecular weight excluding hydrogens is 422 g/mol. The van der Waals surface area contributed by atoms with Crippen molar-refractivity contribution >= 4 is 27.9 Å². The van der Waals surface area contributed by atoms with Gasteiger partial charge in [0.15, 0.2) is 0 Å². The number of nitrogens with two attached hydrogens (primary N) is 1. The van der Waals surface area contributed by atoms with Crippen LogP contribution < -0.4 is 10.6 Å². The van der Waals surface area contributed by atoms with Crippen LogP contribution in [0.2, 0.25) is 0 Å². The van der Waals surface area contributed by atoms with Crippen LogP contribution in [0.4, 0.5) is 5.82 Å². The zero-order valence-electron chi connectivity index (χ0n) is 18.8. The molecule has 3 aromatic heterocycles. The van der Waals surface area contributed by atoms with Gasteiger partial charge in [-0.3, -0.25) is 10.1 Å². The monoisotopic (exact) mass is 447 g/mol. The minimum absolute atomic E-state index is 0.114. The molecule has 1 fully saturated rings. The second-order valence-corrected chi connectivity index (χ2v) is 9.58. The molecule has 7 nitrogen and oxygen atoms in total. The van der Waals surface area contributed by atoms with Crippen LogP contribution in [0.15, 0.2) is 67.0 Å². The Bertz CT molecular complexity index is 1530. The lowest BCUT2D eigenvalue weighted by Crippen LogP contribution is -2.44. The van der Waals surface area contributed by atoms with Gasteiger partial charge in [0.1, 0.15) is 11.3 Å². The summed E-state index contributed by atoms with van der Waals surface area (Å²) in [6.45, 7) is 1.85. The molecule has 1 spiro atoms. The number of anilines is 1. The van der Waals surface area contributed by atoms with Crippen LogP contribution >= 0.6 is 0 Å². The summed E-state index contributed by atoms with van der Waals surface area (Å²) in [7, 11) is 0. The average molecular weight is 448 g/mol. The van der Waals surface area contributed by atoms with E-state index in [1.165, 1.54) is 11.1 Å². The molecule has 7 rings (SSSR count). The van der Waals surface area contributed by atoms with Crippen LogP contribution in [0.25, 0.3) is 33.3 Å². The van der Waals surface area contributed by atoms with Gasteiger partial charge < -0.3 is 10.6 Å². The summed E-state index contributed by atoms with van der Waals surface area (Å²) < 4.78 is 0. The molecule has 2 aromatic carbocycles. The van der Waals surface area contributed by atoms with Gasteiger partial charge in [0.25, 0.3) is 0 Å². The molecule has 1 aliphatic carbocycles. The van der Waals surface area contributed by atoms with Crippen LogP contribution in [0.1, 0.15) is 30.0 Å². The summed E-state index contributed by atoms with van der Waals surface area (Å²) in [6, 6.07) is 18.9. The highest BCUT2D eigenvalue weighted by molar-refractivity contribution is 6.00. The Kier molecular flexibility index (Phi) is 4.23. The fraction of sp³-hybridized carbons (Fsp3) is 0.259. The van der Waals surface area contributed by atoms with Crippen molar-refractivity contribution in [2.45, 2.75) is 25.3 Å². The van der Waals surface area contributed by atoms with Gasteiger partial charge in [-0.2, -0.15) is 5.10 Å². The minimum atomic E-state index is 0.114. The van der Waals surface area contributed by atoms with Crippen molar-refractivity contribution in [2.24, 2.45) is 11.1 Å². The topological polar surface area (TPSA) is 96.6 Å². The predicted molar refractivity (Wildman–Crippen MR) is 133 cm³/mol. The van der Waals surface area contributed by atoms with Crippen molar-refractivity contribution in [1.29, 1.82) is 0 Å². The number of nitrogens with zero attached hydrogens (tertiary/aromatic N) is 5. The van der Waals surface area contributed by atoms with E-state index in [2.05, 4.69) is 56.5 Å². The first kappa shape index (κ1) is 19.6. The van der Waals surface area contributed by atoms with Gasteiger partial charge >= 0.3 is 0 Å². The van der Waals surface area contributed by atoms with Gasteiger partial charge in [0, 0.05) is 36.3 Å². The lowest BCUT2D eigenvalue weighted by Gasteiger charge is -2.42. The molecule has 0 amide bonds. The molecule has 168 valence electrons. The normalized spacial score (nSPS) is 19.2. The number of benzene rings is 2. The zero-order valence-corrected chi connectivity index (χ0v) is 18.8. The van der Waals surface area contributed by atoms with Crippen LogP contribution in [-0.4, -0.2) is 38.2 Å². The molecule has 5 aromatic rings. The molecule has 0 bridgehead atoms. The van der Waals surface area contributed by atoms with Crippen LogP contribution in [0.3, 0.4) is 0 Å². The molecule has 4 heterocycles. The number of fused-ring (bicyclic) bond motifs is 3. The van der Waals surface area contributed by atoms with E-state index in [9.17, 15) is 0 Å². The summed E-state index contributed by atoms with van der Waals surface area (Å²) in [5.41, 5.74) is 13.9. The van der Waals surface area contributed by atoms with Crippen molar-refractivity contribution in [2.75, 3.05) is 18.0 Å². The van der Waals surface area contributed by atoms with Crippen LogP contribution in [0, 0.1) is 5.41 Å². The van der Waals surface area contributed by atoms with Crippen molar-refractivity contribution < 1.29 is 0 Å². The second kappa shape index (κ2) is 7.33. The summed E-state index contributed by atoms with van der Waals surface area (Å²) in [5, 5.41) is 8.74. The Balaban J connectivity index is 1.17. The first-order valence-electron chi connectivity index (χ1n) is 11.9. The Morgan fingerprint density at radius 3 is 2.74 bits per heavy atom. The number of hydrogen-bond donors (Lipinski definition) is 2. The van der Waals surface area contributed by atoms with Crippen molar-refractivity contribution in [3.63, 3.8) is 0 Å². The lowest BCUT2D eigenvalue weighted by atomic mass is 9.73. The summed E-state index contributed by atoms with van der Waals surface area (Å²) in [4.78, 5) is 16.5. The summed E-state index contributed by atoms with van der Waals surface area (Å²) in [5.74, 6) is 0.879. The van der Waals surface area contributed by atoms with Gasteiger partial charge in [-0.1, -0.05) is 42.5 Å². The number of nitrogens with one attached hydrogen (secondary N) is 1. The minimum Gasteiger partial charge on any atom is -0.355 e. The number of hydrogen-bond acceptors (Lipinski definition) is 6. The molecule has 2 aliphatic rings. The van der Waals surface area contributed by atoms with E-state index in [4.69, 9.17) is 15.7 Å². The maximum atomic E-state index is 6.75. The largest absolute Gasteiger partial charge is 0.355 e. The highest BCUT2D eigenvalue weighted by Crippen LogP contribution is 2.50. The zero-order chi connectivity index (χ0) is 22.7. The highest BCUT2D eigenvalue weighted by atomic mass is 15.2. The van der Waals surface area contributed by atoms with E-state index >= 15 is 0 Å².